The van der Waals surface area contributed by atoms with Crippen LogP contribution in [0.15, 0.2) is 53.5 Å². The molecular formula is C23H23F3N2O2. The van der Waals surface area contributed by atoms with Crippen LogP contribution >= 0.6 is 0 Å². The van der Waals surface area contributed by atoms with Crippen molar-refractivity contribution in [3.63, 3.8) is 0 Å². The van der Waals surface area contributed by atoms with Crippen molar-refractivity contribution in [3.05, 3.63) is 75.7 Å². The second-order valence-corrected chi connectivity index (χ2v) is 7.80. The standard InChI is InChI=1S/C23H23F3N2O2/c1-15-12-20-17(6-9-27-22(20)29)13-21(15)30-19-7-10-28(11-8-19)14-16-2-4-18(5-3-16)23(24,25)26/h2-6,9,12-13,19H,7-8,10-11,14H2,1H3,(H,27,29). The molecule has 0 spiro atoms. The summed E-state index contributed by atoms with van der Waals surface area (Å²) in [7, 11) is 0. The van der Waals surface area contributed by atoms with Crippen molar-refractivity contribution in [1.29, 1.82) is 0 Å². The summed E-state index contributed by atoms with van der Waals surface area (Å²) in [6, 6.07) is 11.0. The van der Waals surface area contributed by atoms with E-state index in [9.17, 15) is 18.0 Å². The summed E-state index contributed by atoms with van der Waals surface area (Å²) < 4.78 is 44.3. The topological polar surface area (TPSA) is 45.3 Å². The van der Waals surface area contributed by atoms with Crippen LogP contribution in [-0.2, 0) is 12.7 Å². The van der Waals surface area contributed by atoms with Gasteiger partial charge in [0.1, 0.15) is 11.9 Å². The van der Waals surface area contributed by atoms with Crippen LogP contribution in [0, 0.1) is 6.92 Å². The number of piperidine rings is 1. The highest BCUT2D eigenvalue weighted by Crippen LogP contribution is 2.30. The fraction of sp³-hybridized carbons (Fsp3) is 0.348. The minimum absolute atomic E-state index is 0.0759. The molecule has 0 atom stereocenters. The second kappa shape index (κ2) is 8.14. The van der Waals surface area contributed by atoms with Crippen molar-refractivity contribution < 1.29 is 17.9 Å². The molecule has 1 aliphatic heterocycles. The smallest absolute Gasteiger partial charge is 0.416 e. The normalized spacial score (nSPS) is 16.1. The summed E-state index contributed by atoms with van der Waals surface area (Å²) in [6.07, 6.45) is -0.917. The fourth-order valence-electron chi connectivity index (χ4n) is 3.87. The third-order valence-electron chi connectivity index (χ3n) is 5.58. The molecule has 0 amide bonds. The molecule has 1 fully saturated rings. The van der Waals surface area contributed by atoms with Crippen molar-refractivity contribution in [2.75, 3.05) is 13.1 Å². The summed E-state index contributed by atoms with van der Waals surface area (Å²) in [5.41, 5.74) is 1.06. The number of H-pyrrole nitrogens is 1. The Morgan fingerprint density at radius 2 is 1.80 bits per heavy atom. The second-order valence-electron chi connectivity index (χ2n) is 7.80. The molecule has 7 heteroatoms. The van der Waals surface area contributed by atoms with Gasteiger partial charge in [-0.15, -0.1) is 0 Å². The molecule has 3 aromatic rings. The van der Waals surface area contributed by atoms with E-state index in [2.05, 4.69) is 9.88 Å². The lowest BCUT2D eigenvalue weighted by atomic mass is 10.0. The van der Waals surface area contributed by atoms with Gasteiger partial charge in [-0.25, -0.2) is 0 Å². The molecule has 4 nitrogen and oxygen atoms in total. The predicted octanol–water partition coefficient (Wildman–Crippen LogP) is 4.90. The first-order chi connectivity index (χ1) is 14.3. The Hall–Kier alpha value is -2.80. The highest BCUT2D eigenvalue weighted by atomic mass is 19.4. The molecule has 2 heterocycles. The molecule has 0 unspecified atom stereocenters. The van der Waals surface area contributed by atoms with Gasteiger partial charge in [-0.05, 0) is 66.6 Å². The van der Waals surface area contributed by atoms with Gasteiger partial charge in [0, 0.05) is 31.2 Å². The lowest BCUT2D eigenvalue weighted by Crippen LogP contribution is -2.37. The van der Waals surface area contributed by atoms with Gasteiger partial charge in [0.2, 0.25) is 0 Å². The average Bonchev–Trinajstić information content (AvgIpc) is 2.71. The van der Waals surface area contributed by atoms with E-state index in [1.807, 2.05) is 25.1 Å². The van der Waals surface area contributed by atoms with Gasteiger partial charge in [0.05, 0.1) is 5.56 Å². The molecule has 4 rings (SSSR count). The molecule has 30 heavy (non-hydrogen) atoms. The van der Waals surface area contributed by atoms with Crippen LogP contribution in [0.4, 0.5) is 13.2 Å². The number of alkyl halides is 3. The lowest BCUT2D eigenvalue weighted by Gasteiger charge is -2.32. The molecule has 0 radical (unpaired) electrons. The van der Waals surface area contributed by atoms with Crippen molar-refractivity contribution in [3.8, 4) is 5.75 Å². The summed E-state index contributed by atoms with van der Waals surface area (Å²) in [5, 5.41) is 1.49. The zero-order chi connectivity index (χ0) is 21.3. The van der Waals surface area contributed by atoms with Crippen LogP contribution in [-0.4, -0.2) is 29.1 Å². The van der Waals surface area contributed by atoms with Crippen LogP contribution in [0.2, 0.25) is 0 Å². The number of nitrogens with zero attached hydrogens (tertiary/aromatic N) is 1. The first-order valence-corrected chi connectivity index (χ1v) is 9.97. The molecule has 1 N–H and O–H groups in total. The van der Waals surface area contributed by atoms with Crippen molar-refractivity contribution in [1.82, 2.24) is 9.88 Å². The van der Waals surface area contributed by atoms with Crippen LogP contribution in [0.3, 0.4) is 0 Å². The van der Waals surface area contributed by atoms with Crippen LogP contribution in [0.25, 0.3) is 10.8 Å². The molecule has 158 valence electrons. The number of aryl methyl sites for hydroxylation is 1. The maximum absolute atomic E-state index is 12.7. The van der Waals surface area contributed by atoms with E-state index >= 15 is 0 Å². The van der Waals surface area contributed by atoms with E-state index in [4.69, 9.17) is 4.74 Å². The van der Waals surface area contributed by atoms with Crippen LogP contribution in [0.1, 0.15) is 29.5 Å². The van der Waals surface area contributed by atoms with Crippen molar-refractivity contribution >= 4 is 10.8 Å². The monoisotopic (exact) mass is 416 g/mol. The maximum atomic E-state index is 12.7. The molecule has 1 aliphatic rings. The highest BCUT2D eigenvalue weighted by Gasteiger charge is 2.30. The van der Waals surface area contributed by atoms with E-state index in [0.29, 0.717) is 11.9 Å². The number of pyridine rings is 1. The molecule has 1 aromatic heterocycles. The number of hydrogen-bond donors (Lipinski definition) is 1. The van der Waals surface area contributed by atoms with Crippen LogP contribution in [0.5, 0.6) is 5.75 Å². The number of likely N-dealkylation sites (tertiary alicyclic amines) is 1. The van der Waals surface area contributed by atoms with Gasteiger partial charge in [-0.3, -0.25) is 9.69 Å². The molecule has 0 saturated carbocycles. The summed E-state index contributed by atoms with van der Waals surface area (Å²) in [5.74, 6) is 0.786. The SMILES string of the molecule is Cc1cc2c(=O)[nH]ccc2cc1OC1CCN(Cc2ccc(C(F)(F)F)cc2)CC1. The Morgan fingerprint density at radius 1 is 1.10 bits per heavy atom. The summed E-state index contributed by atoms with van der Waals surface area (Å²) >= 11 is 0. The zero-order valence-corrected chi connectivity index (χ0v) is 16.6. The first-order valence-electron chi connectivity index (χ1n) is 9.97. The van der Waals surface area contributed by atoms with Gasteiger partial charge in [0.25, 0.3) is 5.56 Å². The zero-order valence-electron chi connectivity index (χ0n) is 16.6. The maximum Gasteiger partial charge on any atom is 0.416 e. The molecule has 1 saturated heterocycles. The number of benzene rings is 2. The van der Waals surface area contributed by atoms with E-state index in [0.717, 1.165) is 60.3 Å². The number of aromatic nitrogens is 1. The Morgan fingerprint density at radius 3 is 2.47 bits per heavy atom. The highest BCUT2D eigenvalue weighted by molar-refractivity contribution is 5.83. The van der Waals surface area contributed by atoms with Gasteiger partial charge >= 0.3 is 6.18 Å². The van der Waals surface area contributed by atoms with Gasteiger partial charge in [-0.2, -0.15) is 13.2 Å². The minimum Gasteiger partial charge on any atom is -0.490 e. The number of aromatic amines is 1. The molecular weight excluding hydrogens is 393 g/mol. The molecule has 2 aromatic carbocycles. The summed E-state index contributed by atoms with van der Waals surface area (Å²) in [6.45, 7) is 4.19. The fourth-order valence-corrected chi connectivity index (χ4v) is 3.87. The third-order valence-corrected chi connectivity index (χ3v) is 5.58. The molecule has 0 bridgehead atoms. The Bertz CT molecular complexity index is 1080. The number of hydrogen-bond acceptors (Lipinski definition) is 3. The molecule has 0 aliphatic carbocycles. The Balaban J connectivity index is 1.35. The average molecular weight is 416 g/mol. The number of halogens is 3. The number of nitrogens with one attached hydrogen (secondary N) is 1. The number of fused-ring (bicyclic) bond motifs is 1. The Kier molecular flexibility index (Phi) is 5.56. The van der Waals surface area contributed by atoms with Crippen LogP contribution < -0.4 is 10.3 Å². The quantitative estimate of drug-likeness (QED) is 0.658. The van der Waals surface area contributed by atoms with E-state index in [1.54, 1.807) is 18.3 Å². The Labute approximate surface area is 172 Å². The number of rotatable bonds is 4. The first kappa shape index (κ1) is 20.5. The van der Waals surface area contributed by atoms with E-state index in [1.165, 1.54) is 0 Å². The largest absolute Gasteiger partial charge is 0.490 e. The number of ether oxygens (including phenoxy) is 1. The van der Waals surface area contributed by atoms with Gasteiger partial charge in [0.15, 0.2) is 0 Å². The predicted molar refractivity (Wildman–Crippen MR) is 110 cm³/mol. The van der Waals surface area contributed by atoms with Crippen molar-refractivity contribution in [2.45, 2.75) is 38.6 Å². The third kappa shape index (κ3) is 4.51. The lowest BCUT2D eigenvalue weighted by molar-refractivity contribution is -0.137. The van der Waals surface area contributed by atoms with E-state index < -0.39 is 11.7 Å². The van der Waals surface area contributed by atoms with Gasteiger partial charge < -0.3 is 9.72 Å². The summed E-state index contributed by atoms with van der Waals surface area (Å²) in [4.78, 5) is 16.8. The van der Waals surface area contributed by atoms with E-state index in [-0.39, 0.29) is 11.7 Å². The van der Waals surface area contributed by atoms with Gasteiger partial charge in [-0.1, -0.05) is 12.1 Å². The van der Waals surface area contributed by atoms with Crippen molar-refractivity contribution in [2.24, 2.45) is 0 Å². The minimum atomic E-state index is -4.30.